The fourth-order valence-corrected chi connectivity index (χ4v) is 11.9. The van der Waals surface area contributed by atoms with Crippen LogP contribution in [0.2, 0.25) is 0 Å². The number of benzene rings is 12. The fraction of sp³-hybridized carbons (Fsp3) is 0.0141. The Kier molecular flexibility index (Phi) is 10.4. The van der Waals surface area contributed by atoms with E-state index in [9.17, 15) is 0 Å². The largest absolute Gasteiger partial charge is 0.454 e. The van der Waals surface area contributed by atoms with Crippen LogP contribution in [0.3, 0.4) is 0 Å². The van der Waals surface area contributed by atoms with Crippen LogP contribution in [-0.2, 0) is 5.41 Å². The lowest BCUT2D eigenvalue weighted by atomic mass is 9.67. The van der Waals surface area contributed by atoms with Gasteiger partial charge in [0.1, 0.15) is 5.58 Å². The molecular formula is C71H48N2O. The second kappa shape index (κ2) is 17.9. The molecule has 0 saturated heterocycles. The summed E-state index contributed by atoms with van der Waals surface area (Å²) in [6.07, 6.45) is 0. The third-order valence-electron chi connectivity index (χ3n) is 15.1. The summed E-state index contributed by atoms with van der Waals surface area (Å²) in [5, 5.41) is 4.55. The van der Waals surface area contributed by atoms with Gasteiger partial charge >= 0.3 is 0 Å². The Balaban J connectivity index is 1.08. The summed E-state index contributed by atoms with van der Waals surface area (Å²) in [4.78, 5) is 4.82. The van der Waals surface area contributed by atoms with Gasteiger partial charge < -0.3 is 14.2 Å². The average Bonchev–Trinajstić information content (AvgIpc) is 4.01. The molecule has 0 N–H and O–H groups in total. The topological polar surface area (TPSA) is 19.6 Å². The van der Waals surface area contributed by atoms with Crippen molar-refractivity contribution in [2.75, 3.05) is 9.80 Å². The number of hydrogen-bond acceptors (Lipinski definition) is 3. The molecule has 14 rings (SSSR count). The molecule has 0 saturated carbocycles. The van der Waals surface area contributed by atoms with Crippen LogP contribution in [0.5, 0.6) is 0 Å². The summed E-state index contributed by atoms with van der Waals surface area (Å²) in [5.74, 6) is 0. The highest BCUT2D eigenvalue weighted by molar-refractivity contribution is 6.11. The van der Waals surface area contributed by atoms with Gasteiger partial charge in [0.2, 0.25) is 0 Å². The first kappa shape index (κ1) is 43.1. The van der Waals surface area contributed by atoms with Gasteiger partial charge in [0, 0.05) is 39.2 Å². The number of anilines is 6. The van der Waals surface area contributed by atoms with Gasteiger partial charge in [0.25, 0.3) is 0 Å². The minimum Gasteiger partial charge on any atom is -0.454 e. The van der Waals surface area contributed by atoms with Gasteiger partial charge in [-0.05, 0) is 133 Å². The maximum atomic E-state index is 6.87. The van der Waals surface area contributed by atoms with E-state index < -0.39 is 5.41 Å². The predicted octanol–water partition coefficient (Wildman–Crippen LogP) is 19.4. The van der Waals surface area contributed by atoms with Crippen LogP contribution in [0.1, 0.15) is 22.3 Å². The molecule has 0 unspecified atom stereocenters. The molecule has 0 amide bonds. The Hall–Kier alpha value is -9.70. The quantitative estimate of drug-likeness (QED) is 0.136. The van der Waals surface area contributed by atoms with Gasteiger partial charge in [0.15, 0.2) is 5.58 Å². The van der Waals surface area contributed by atoms with Gasteiger partial charge in [-0.3, -0.25) is 0 Å². The zero-order chi connectivity index (χ0) is 49.0. The standard InChI is InChI=1S/C71H48N2O/c1-6-24-50(25-7-1)69-59-34-17-16-23-49(59)41-43-60(69)51-45-57(47-58(46-51)73(55-32-14-5-15-33-55)67-39-22-37-64-63-36-19-21-40-68(63)74-70(64)67)72(54-30-12-4-13-31-54)56-42-44-62-61-35-18-20-38-65(61)71(66(62)48-56,52-26-8-2-9-27-52)53-28-10-3-11-29-53/h1-48H. The Bertz CT molecular complexity index is 4150. The summed E-state index contributed by atoms with van der Waals surface area (Å²) in [7, 11) is 0. The van der Waals surface area contributed by atoms with Crippen molar-refractivity contribution in [3.05, 3.63) is 313 Å². The highest BCUT2D eigenvalue weighted by Crippen LogP contribution is 2.58. The third kappa shape index (κ3) is 6.97. The Morgan fingerprint density at radius 3 is 1.55 bits per heavy atom. The van der Waals surface area contributed by atoms with Crippen LogP contribution in [0, 0.1) is 0 Å². The zero-order valence-electron chi connectivity index (χ0n) is 40.5. The number of hydrogen-bond donors (Lipinski definition) is 0. The monoisotopic (exact) mass is 944 g/mol. The normalized spacial score (nSPS) is 12.4. The smallest absolute Gasteiger partial charge is 0.159 e. The van der Waals surface area contributed by atoms with E-state index >= 15 is 0 Å². The van der Waals surface area contributed by atoms with Crippen molar-refractivity contribution >= 4 is 66.8 Å². The van der Waals surface area contributed by atoms with E-state index in [0.29, 0.717) is 0 Å². The minimum atomic E-state index is -0.578. The van der Waals surface area contributed by atoms with Crippen LogP contribution in [0.25, 0.3) is 66.1 Å². The molecule has 0 atom stereocenters. The highest BCUT2D eigenvalue weighted by Gasteiger charge is 2.46. The number of fused-ring (bicyclic) bond motifs is 7. The molecule has 348 valence electrons. The van der Waals surface area contributed by atoms with Gasteiger partial charge in [-0.25, -0.2) is 0 Å². The van der Waals surface area contributed by atoms with Crippen molar-refractivity contribution in [1.82, 2.24) is 0 Å². The van der Waals surface area contributed by atoms with E-state index in [4.69, 9.17) is 4.42 Å². The summed E-state index contributed by atoms with van der Waals surface area (Å²) in [5.41, 5.74) is 19.2. The van der Waals surface area contributed by atoms with Crippen molar-refractivity contribution in [1.29, 1.82) is 0 Å². The van der Waals surface area contributed by atoms with E-state index in [2.05, 4.69) is 295 Å². The minimum absolute atomic E-state index is 0.578. The molecule has 3 heteroatoms. The van der Waals surface area contributed by atoms with Crippen LogP contribution in [0.4, 0.5) is 34.1 Å². The van der Waals surface area contributed by atoms with E-state index in [-0.39, 0.29) is 0 Å². The van der Waals surface area contributed by atoms with Crippen LogP contribution in [0.15, 0.2) is 296 Å². The first-order valence-electron chi connectivity index (χ1n) is 25.4. The van der Waals surface area contributed by atoms with Gasteiger partial charge in [-0.2, -0.15) is 0 Å². The maximum Gasteiger partial charge on any atom is 0.159 e. The molecule has 1 aromatic heterocycles. The third-order valence-corrected chi connectivity index (χ3v) is 15.1. The van der Waals surface area contributed by atoms with E-state index in [1.165, 1.54) is 49.7 Å². The van der Waals surface area contributed by atoms with Crippen LogP contribution >= 0.6 is 0 Å². The van der Waals surface area contributed by atoms with Gasteiger partial charge in [-0.15, -0.1) is 0 Å². The predicted molar refractivity (Wildman–Crippen MR) is 309 cm³/mol. The molecule has 0 radical (unpaired) electrons. The SMILES string of the molecule is c1ccc(-c2c(-c3cc(N(c4ccccc4)c4ccc5c(c4)C(c4ccccc4)(c4ccccc4)c4ccccc4-5)cc(N(c4ccccc4)c4cccc5c4oc4ccccc45)c3)ccc3ccccc23)cc1. The van der Waals surface area contributed by atoms with Gasteiger partial charge in [0.05, 0.1) is 11.1 Å². The molecular weight excluding hydrogens is 897 g/mol. The summed E-state index contributed by atoms with van der Waals surface area (Å²) < 4.78 is 6.87. The molecule has 1 aliphatic carbocycles. The summed E-state index contributed by atoms with van der Waals surface area (Å²) in [6, 6.07) is 106. The van der Waals surface area contributed by atoms with Crippen LogP contribution in [-0.4, -0.2) is 0 Å². The molecule has 12 aromatic carbocycles. The number of para-hydroxylation sites is 4. The number of furan rings is 1. The van der Waals surface area contributed by atoms with E-state index in [0.717, 1.165) is 72.8 Å². The molecule has 0 fully saturated rings. The molecule has 0 aliphatic heterocycles. The Morgan fingerprint density at radius 2 is 0.838 bits per heavy atom. The zero-order valence-corrected chi connectivity index (χ0v) is 40.5. The molecule has 1 aliphatic rings. The van der Waals surface area contributed by atoms with Crippen molar-refractivity contribution in [3.8, 4) is 33.4 Å². The van der Waals surface area contributed by atoms with Crippen molar-refractivity contribution in [2.24, 2.45) is 0 Å². The number of rotatable bonds is 10. The molecule has 1 heterocycles. The van der Waals surface area contributed by atoms with Crippen LogP contribution < -0.4 is 9.80 Å². The lowest BCUT2D eigenvalue weighted by Crippen LogP contribution is -2.28. The lowest BCUT2D eigenvalue weighted by Gasteiger charge is -2.35. The second-order valence-electron chi connectivity index (χ2n) is 19.2. The summed E-state index contributed by atoms with van der Waals surface area (Å²) in [6.45, 7) is 0. The molecule has 0 spiro atoms. The second-order valence-corrected chi connectivity index (χ2v) is 19.2. The van der Waals surface area contributed by atoms with Crippen molar-refractivity contribution in [3.63, 3.8) is 0 Å². The summed E-state index contributed by atoms with van der Waals surface area (Å²) >= 11 is 0. The molecule has 0 bridgehead atoms. The molecule has 74 heavy (non-hydrogen) atoms. The Morgan fingerprint density at radius 1 is 0.297 bits per heavy atom. The average molecular weight is 945 g/mol. The first-order valence-corrected chi connectivity index (χ1v) is 25.4. The van der Waals surface area contributed by atoms with Crippen molar-refractivity contribution in [2.45, 2.75) is 5.41 Å². The molecule has 3 nitrogen and oxygen atoms in total. The maximum absolute atomic E-state index is 6.87. The van der Waals surface area contributed by atoms with E-state index in [1.807, 2.05) is 6.07 Å². The lowest BCUT2D eigenvalue weighted by molar-refractivity contribution is 0.669. The van der Waals surface area contributed by atoms with Gasteiger partial charge in [-0.1, -0.05) is 224 Å². The first-order chi connectivity index (χ1) is 36.7. The fourth-order valence-electron chi connectivity index (χ4n) is 11.9. The van der Waals surface area contributed by atoms with Crippen molar-refractivity contribution < 1.29 is 4.42 Å². The van der Waals surface area contributed by atoms with E-state index in [1.54, 1.807) is 0 Å². The Labute approximate surface area is 431 Å². The molecule has 13 aromatic rings. The number of nitrogens with zero attached hydrogens (tertiary/aromatic N) is 2. The highest BCUT2D eigenvalue weighted by atomic mass is 16.3.